The number of carbonyl (C=O) groups excluding carboxylic acids is 1. The van der Waals surface area contributed by atoms with Gasteiger partial charge < -0.3 is 28.8 Å². The van der Waals surface area contributed by atoms with Gasteiger partial charge in [0.2, 0.25) is 0 Å². The van der Waals surface area contributed by atoms with E-state index in [4.69, 9.17) is 0 Å². The first-order valence-electron chi connectivity index (χ1n) is 3.87. The maximum absolute atomic E-state index is 10.3. The summed E-state index contributed by atoms with van der Waals surface area (Å²) in [5.74, 6) is -1.51. The van der Waals surface area contributed by atoms with Crippen LogP contribution in [0.1, 0.15) is 5.56 Å². The third kappa shape index (κ3) is 4.60. The summed E-state index contributed by atoms with van der Waals surface area (Å²) < 4.78 is 14.3. The molecule has 0 aromatic heterocycles. The fraction of sp³-hybridized carbons (Fsp3) is 0.125. The van der Waals surface area contributed by atoms with Crippen molar-refractivity contribution in [1.29, 1.82) is 0 Å². The van der Waals surface area contributed by atoms with Gasteiger partial charge in [-0.05, 0) is 17.7 Å². The molecule has 82 valence electrons. The molecule has 1 aromatic rings. The van der Waals surface area contributed by atoms with Crippen LogP contribution < -0.4 is 19.4 Å². The van der Waals surface area contributed by atoms with Crippen LogP contribution in [0, 0.1) is 0 Å². The lowest BCUT2D eigenvalue weighted by Crippen LogP contribution is -2.24. The van der Waals surface area contributed by atoms with Crippen molar-refractivity contribution in [3.63, 3.8) is 0 Å². The Morgan fingerprint density at radius 3 is 2.60 bits per heavy atom. The zero-order valence-corrected chi connectivity index (χ0v) is 8.31. The summed E-state index contributed by atoms with van der Waals surface area (Å²) in [6.07, 6.45) is -0.376. The van der Waals surface area contributed by atoms with Crippen LogP contribution in [-0.2, 0) is 15.8 Å². The first kappa shape index (κ1) is 11.7. The zero-order chi connectivity index (χ0) is 11.5. The van der Waals surface area contributed by atoms with Gasteiger partial charge in [-0.3, -0.25) is 0 Å². The van der Waals surface area contributed by atoms with Gasteiger partial charge in [-0.25, -0.2) is 0 Å². The van der Waals surface area contributed by atoms with Crippen molar-refractivity contribution in [3.8, 4) is 5.75 Å². The van der Waals surface area contributed by atoms with Crippen LogP contribution in [0.4, 0.5) is 0 Å². The Bertz CT molecular complexity index is 409. The van der Waals surface area contributed by atoms with Crippen molar-refractivity contribution in [3.05, 3.63) is 29.8 Å². The average Bonchev–Trinajstić information content (AvgIpc) is 1.99. The molecule has 1 aromatic carbocycles. The monoisotopic (exact) mass is 229 g/mol. The van der Waals surface area contributed by atoms with E-state index in [-0.39, 0.29) is 12.2 Å². The van der Waals surface area contributed by atoms with Crippen LogP contribution in [0.5, 0.6) is 5.75 Å². The molecule has 0 atom stereocenters. The minimum atomic E-state index is -5.10. The maximum atomic E-state index is 10.3. The van der Waals surface area contributed by atoms with E-state index in [1.807, 2.05) is 0 Å². The number of carboxylic acid groups (broad SMARTS) is 1. The molecule has 6 nitrogen and oxygen atoms in total. The molecule has 0 aliphatic heterocycles. The van der Waals surface area contributed by atoms with Gasteiger partial charge in [-0.15, -0.1) is 0 Å². The Labute approximate surface area is 85.4 Å². The van der Waals surface area contributed by atoms with Gasteiger partial charge in [-0.1, -0.05) is 12.1 Å². The fourth-order valence-electron chi connectivity index (χ4n) is 1.01. The number of aliphatic carboxylic acids is 1. The van der Waals surface area contributed by atoms with Crippen LogP contribution in [0.3, 0.4) is 0 Å². The van der Waals surface area contributed by atoms with Gasteiger partial charge in [0.05, 0.1) is 0 Å². The standard InChI is InChI=1S/C8H9O6P/c9-8(10)5-6-2-1-3-7(4-6)14-15(11,12)13/h1-4H,5H2,(H,9,10)(H2,11,12,13)/p-3. The zero-order valence-electron chi connectivity index (χ0n) is 7.41. The van der Waals surface area contributed by atoms with E-state index in [1.165, 1.54) is 18.2 Å². The molecular weight excluding hydrogens is 223 g/mol. The summed E-state index contributed by atoms with van der Waals surface area (Å²) >= 11 is 0. The lowest BCUT2D eigenvalue weighted by molar-refractivity contribution is -0.333. The molecular formula is C8H6O6P-3. The molecule has 0 aliphatic carbocycles. The number of hydrogen-bond acceptors (Lipinski definition) is 6. The number of rotatable bonds is 4. The fourth-order valence-corrected chi connectivity index (χ4v) is 1.38. The first-order chi connectivity index (χ1) is 6.87. The third-order valence-corrected chi connectivity index (χ3v) is 1.90. The Morgan fingerprint density at radius 2 is 2.07 bits per heavy atom. The molecule has 0 amide bonds. The van der Waals surface area contributed by atoms with Crippen molar-refractivity contribution in [2.75, 3.05) is 0 Å². The normalized spacial score (nSPS) is 11.1. The highest BCUT2D eigenvalue weighted by atomic mass is 31.2. The molecule has 0 spiro atoms. The minimum Gasteiger partial charge on any atom is -0.780 e. The number of phosphoric ester groups is 1. The van der Waals surface area contributed by atoms with Crippen molar-refractivity contribution >= 4 is 13.8 Å². The van der Waals surface area contributed by atoms with E-state index in [2.05, 4.69) is 4.52 Å². The van der Waals surface area contributed by atoms with Crippen molar-refractivity contribution in [2.24, 2.45) is 0 Å². The van der Waals surface area contributed by atoms with Crippen molar-refractivity contribution in [1.82, 2.24) is 0 Å². The summed E-state index contributed by atoms with van der Waals surface area (Å²) in [6.45, 7) is 0. The van der Waals surface area contributed by atoms with Crippen LogP contribution >= 0.6 is 7.82 Å². The van der Waals surface area contributed by atoms with Crippen LogP contribution in [-0.4, -0.2) is 5.97 Å². The number of benzene rings is 1. The van der Waals surface area contributed by atoms with E-state index in [9.17, 15) is 24.3 Å². The van der Waals surface area contributed by atoms with E-state index in [0.717, 1.165) is 6.07 Å². The van der Waals surface area contributed by atoms with Gasteiger partial charge in [0, 0.05) is 12.4 Å². The number of phosphoric acid groups is 1. The molecule has 0 bridgehead atoms. The molecule has 1 rings (SSSR count). The molecule has 15 heavy (non-hydrogen) atoms. The van der Waals surface area contributed by atoms with E-state index in [0.29, 0.717) is 5.56 Å². The predicted molar refractivity (Wildman–Crippen MR) is 43.4 cm³/mol. The molecule has 0 aliphatic rings. The van der Waals surface area contributed by atoms with Gasteiger partial charge in [0.1, 0.15) is 13.6 Å². The number of carboxylic acids is 1. The van der Waals surface area contributed by atoms with Crippen LogP contribution in [0.15, 0.2) is 24.3 Å². The first-order valence-corrected chi connectivity index (χ1v) is 5.33. The lowest BCUT2D eigenvalue weighted by atomic mass is 10.1. The number of carbonyl (C=O) groups is 1. The van der Waals surface area contributed by atoms with E-state index < -0.39 is 13.8 Å². The van der Waals surface area contributed by atoms with E-state index >= 15 is 0 Å². The Balaban J connectivity index is 2.83. The van der Waals surface area contributed by atoms with Crippen molar-refractivity contribution < 1.29 is 28.8 Å². The second kappa shape index (κ2) is 4.44. The maximum Gasteiger partial charge on any atom is 0.124 e. The Morgan fingerprint density at radius 1 is 1.40 bits per heavy atom. The Kier molecular flexibility index (Phi) is 3.47. The Hall–Kier alpha value is -1.36. The lowest BCUT2D eigenvalue weighted by Gasteiger charge is -2.29. The smallest absolute Gasteiger partial charge is 0.124 e. The van der Waals surface area contributed by atoms with Gasteiger partial charge in [-0.2, -0.15) is 0 Å². The van der Waals surface area contributed by atoms with Gasteiger partial charge in [0.15, 0.2) is 0 Å². The largest absolute Gasteiger partial charge is 0.780 e. The molecule has 0 heterocycles. The number of hydrogen-bond donors (Lipinski definition) is 0. The van der Waals surface area contributed by atoms with Crippen molar-refractivity contribution in [2.45, 2.75) is 6.42 Å². The summed E-state index contributed by atoms with van der Waals surface area (Å²) in [5.41, 5.74) is 0.293. The summed E-state index contributed by atoms with van der Waals surface area (Å²) in [4.78, 5) is 30.7. The second-order valence-corrected chi connectivity index (χ2v) is 3.81. The topological polar surface area (TPSA) is 113 Å². The van der Waals surface area contributed by atoms with Gasteiger partial charge >= 0.3 is 0 Å². The van der Waals surface area contributed by atoms with Gasteiger partial charge in [0.25, 0.3) is 0 Å². The molecule has 0 N–H and O–H groups in total. The second-order valence-electron chi connectivity index (χ2n) is 2.73. The quantitative estimate of drug-likeness (QED) is 0.562. The highest BCUT2D eigenvalue weighted by Crippen LogP contribution is 2.29. The summed E-state index contributed by atoms with van der Waals surface area (Å²) in [5, 5.41) is 10.2. The SMILES string of the molecule is O=C([O-])Cc1cccc(OP(=O)([O-])[O-])c1. The van der Waals surface area contributed by atoms with E-state index in [1.54, 1.807) is 0 Å². The van der Waals surface area contributed by atoms with Crippen LogP contribution in [0.2, 0.25) is 0 Å². The molecule has 0 unspecified atom stereocenters. The predicted octanol–water partition coefficient (Wildman–Crippen LogP) is -1.81. The van der Waals surface area contributed by atoms with Crippen LogP contribution in [0.25, 0.3) is 0 Å². The third-order valence-electron chi connectivity index (χ3n) is 1.46. The highest BCUT2D eigenvalue weighted by molar-refractivity contribution is 7.43. The summed E-state index contributed by atoms with van der Waals surface area (Å²) in [6, 6.07) is 5.21. The average molecular weight is 229 g/mol. The highest BCUT2D eigenvalue weighted by Gasteiger charge is 1.99. The molecule has 0 saturated carbocycles. The molecule has 0 fully saturated rings. The molecule has 0 radical (unpaired) electrons. The molecule has 0 saturated heterocycles. The summed E-state index contributed by atoms with van der Waals surface area (Å²) in [7, 11) is -5.10. The molecule has 7 heteroatoms. The minimum absolute atomic E-state index is 0.206.